The Kier molecular flexibility index (Phi) is 7.94. The number of hydrogen-bond acceptors (Lipinski definition) is 4. The molecule has 1 fully saturated rings. The lowest BCUT2D eigenvalue weighted by Crippen LogP contribution is -2.56. The molecule has 4 nitrogen and oxygen atoms in total. The number of benzene rings is 3. The molecule has 0 aliphatic carbocycles. The van der Waals surface area contributed by atoms with Crippen LogP contribution in [0.3, 0.4) is 0 Å². The van der Waals surface area contributed by atoms with Gasteiger partial charge in [0.2, 0.25) is 0 Å². The van der Waals surface area contributed by atoms with Crippen molar-refractivity contribution in [1.82, 2.24) is 4.90 Å². The fraction of sp³-hybridized carbons (Fsp3) is 0.333. The van der Waals surface area contributed by atoms with Gasteiger partial charge >= 0.3 is 0 Å². The van der Waals surface area contributed by atoms with Crippen LogP contribution in [0.4, 0.5) is 0 Å². The number of halogens is 2. The van der Waals surface area contributed by atoms with Gasteiger partial charge < -0.3 is 15.2 Å². The van der Waals surface area contributed by atoms with E-state index in [9.17, 15) is 0 Å². The number of nitrogens with zero attached hydrogens (tertiary/aromatic N) is 1. The molecule has 33 heavy (non-hydrogen) atoms. The Labute approximate surface area is 206 Å². The van der Waals surface area contributed by atoms with E-state index in [0.717, 1.165) is 49.2 Å². The Balaban J connectivity index is 1.45. The molecule has 0 amide bonds. The van der Waals surface area contributed by atoms with Gasteiger partial charge in [0.05, 0.1) is 19.4 Å². The number of rotatable bonds is 9. The van der Waals surface area contributed by atoms with E-state index in [-0.39, 0.29) is 6.10 Å². The molecule has 2 N–H and O–H groups in total. The van der Waals surface area contributed by atoms with Crippen LogP contribution in [0.1, 0.15) is 35.6 Å². The molecule has 1 unspecified atom stereocenters. The molecule has 0 aromatic heterocycles. The molecule has 0 radical (unpaired) electrons. The van der Waals surface area contributed by atoms with Gasteiger partial charge in [0.15, 0.2) is 0 Å². The molecule has 1 aliphatic heterocycles. The summed E-state index contributed by atoms with van der Waals surface area (Å²) in [4.78, 5) is 2.36. The first-order chi connectivity index (χ1) is 16.0. The van der Waals surface area contributed by atoms with Crippen LogP contribution in [0.5, 0.6) is 5.75 Å². The normalized spacial score (nSPS) is 18.7. The van der Waals surface area contributed by atoms with E-state index in [1.807, 2.05) is 60.7 Å². The zero-order valence-electron chi connectivity index (χ0n) is 18.8. The van der Waals surface area contributed by atoms with Crippen molar-refractivity contribution in [1.29, 1.82) is 0 Å². The van der Waals surface area contributed by atoms with Crippen molar-refractivity contribution < 1.29 is 9.47 Å². The average Bonchev–Trinajstić information content (AvgIpc) is 3.20. The summed E-state index contributed by atoms with van der Waals surface area (Å²) in [5.41, 5.74) is 9.75. The molecule has 4 rings (SSSR count). The number of ether oxygens (including phenoxy) is 2. The first-order valence-corrected chi connectivity index (χ1v) is 12.0. The third-order valence-corrected chi connectivity index (χ3v) is 6.85. The van der Waals surface area contributed by atoms with E-state index in [1.54, 1.807) is 7.11 Å². The molecule has 174 valence electrons. The topological polar surface area (TPSA) is 47.7 Å². The maximum atomic E-state index is 6.90. The average molecular weight is 485 g/mol. The largest absolute Gasteiger partial charge is 0.497 e. The second kappa shape index (κ2) is 10.9. The van der Waals surface area contributed by atoms with Crippen LogP contribution >= 0.6 is 23.2 Å². The highest BCUT2D eigenvalue weighted by molar-refractivity contribution is 6.30. The molecule has 6 heteroatoms. The molecular formula is C27H30Cl2N2O2. The Morgan fingerprint density at radius 2 is 1.48 bits per heavy atom. The van der Waals surface area contributed by atoms with Gasteiger partial charge in [-0.15, -0.1) is 0 Å². The van der Waals surface area contributed by atoms with Crippen LogP contribution in [0.15, 0.2) is 72.8 Å². The third kappa shape index (κ3) is 6.08. The second-order valence-corrected chi connectivity index (χ2v) is 9.46. The minimum atomic E-state index is -0.496. The fourth-order valence-corrected chi connectivity index (χ4v) is 4.65. The van der Waals surface area contributed by atoms with Crippen LogP contribution in [0.25, 0.3) is 0 Å². The monoisotopic (exact) mass is 484 g/mol. The zero-order chi connectivity index (χ0) is 23.3. The van der Waals surface area contributed by atoms with Gasteiger partial charge in [0.1, 0.15) is 11.9 Å². The van der Waals surface area contributed by atoms with Crippen molar-refractivity contribution in [2.24, 2.45) is 5.73 Å². The highest BCUT2D eigenvalue weighted by atomic mass is 35.5. The molecule has 1 heterocycles. The lowest BCUT2D eigenvalue weighted by molar-refractivity contribution is -0.0102. The zero-order valence-corrected chi connectivity index (χ0v) is 20.4. The summed E-state index contributed by atoms with van der Waals surface area (Å²) in [6.45, 7) is 2.30. The Morgan fingerprint density at radius 1 is 0.909 bits per heavy atom. The Bertz CT molecular complexity index is 980. The van der Waals surface area contributed by atoms with Gasteiger partial charge in [-0.2, -0.15) is 0 Å². The van der Waals surface area contributed by atoms with E-state index in [0.29, 0.717) is 16.7 Å². The number of methoxy groups -OCH3 is 1. The Hall–Kier alpha value is -2.08. The number of likely N-dealkylation sites (tertiary alicyclic amines) is 1. The summed E-state index contributed by atoms with van der Waals surface area (Å²) in [6, 6.07) is 23.8. The van der Waals surface area contributed by atoms with Gasteiger partial charge in [-0.05, 0) is 72.4 Å². The Morgan fingerprint density at radius 3 is 2.03 bits per heavy atom. The maximum absolute atomic E-state index is 6.90. The predicted octanol–water partition coefficient (Wildman–Crippen LogP) is 6.10. The van der Waals surface area contributed by atoms with E-state index in [4.69, 9.17) is 38.4 Å². The maximum Gasteiger partial charge on any atom is 0.118 e. The van der Waals surface area contributed by atoms with E-state index >= 15 is 0 Å². The van der Waals surface area contributed by atoms with Crippen molar-refractivity contribution in [3.63, 3.8) is 0 Å². The quantitative estimate of drug-likeness (QED) is 0.398. The highest BCUT2D eigenvalue weighted by Gasteiger charge is 2.38. The summed E-state index contributed by atoms with van der Waals surface area (Å²) in [7, 11) is 1.68. The van der Waals surface area contributed by atoms with Crippen molar-refractivity contribution in [3.8, 4) is 5.75 Å². The van der Waals surface area contributed by atoms with Gasteiger partial charge in [-0.1, -0.05) is 59.6 Å². The summed E-state index contributed by atoms with van der Waals surface area (Å²) < 4.78 is 11.8. The van der Waals surface area contributed by atoms with Crippen molar-refractivity contribution in [3.05, 3.63) is 99.5 Å². The minimum Gasteiger partial charge on any atom is -0.497 e. The van der Waals surface area contributed by atoms with E-state index in [2.05, 4.69) is 17.0 Å². The summed E-state index contributed by atoms with van der Waals surface area (Å²) in [5, 5.41) is 1.40. The molecule has 1 saturated heterocycles. The molecular weight excluding hydrogens is 455 g/mol. The van der Waals surface area contributed by atoms with Gasteiger partial charge in [0.25, 0.3) is 0 Å². The van der Waals surface area contributed by atoms with Crippen LogP contribution in [0, 0.1) is 0 Å². The lowest BCUT2D eigenvalue weighted by Gasteiger charge is -2.36. The fourth-order valence-electron chi connectivity index (χ4n) is 4.40. The van der Waals surface area contributed by atoms with Crippen LogP contribution in [0.2, 0.25) is 10.0 Å². The summed E-state index contributed by atoms with van der Waals surface area (Å²) in [5.74, 6) is 0.872. The third-order valence-electron chi connectivity index (χ3n) is 6.34. The van der Waals surface area contributed by atoms with Crippen LogP contribution < -0.4 is 10.5 Å². The van der Waals surface area contributed by atoms with Gasteiger partial charge in [-0.3, -0.25) is 4.90 Å². The van der Waals surface area contributed by atoms with Crippen LogP contribution in [-0.2, 0) is 11.2 Å². The minimum absolute atomic E-state index is 0.246. The molecule has 0 saturated carbocycles. The van der Waals surface area contributed by atoms with Gasteiger partial charge in [-0.25, -0.2) is 0 Å². The predicted molar refractivity (Wildman–Crippen MR) is 135 cm³/mol. The van der Waals surface area contributed by atoms with Crippen LogP contribution in [-0.4, -0.2) is 37.4 Å². The first kappa shape index (κ1) is 24.1. The standard InChI is InChI=1S/C27H30Cl2N2O2/c1-32-25-13-3-20(4-14-25)15-18-31-17-2-16-27(31,30)19-33-26(21-5-9-23(28)10-6-21)22-7-11-24(29)12-8-22/h3-14,26H,2,15-19,30H2,1H3. The number of hydrogen-bond donors (Lipinski definition) is 1. The summed E-state index contributed by atoms with van der Waals surface area (Å²) in [6.07, 6.45) is 2.66. The van der Waals surface area contributed by atoms with Crippen molar-refractivity contribution >= 4 is 23.2 Å². The number of nitrogens with two attached hydrogens (primary N) is 1. The molecule has 3 aromatic rings. The molecule has 3 aromatic carbocycles. The van der Waals surface area contributed by atoms with E-state index < -0.39 is 5.66 Å². The van der Waals surface area contributed by atoms with Crippen molar-refractivity contribution in [2.75, 3.05) is 26.8 Å². The molecule has 1 aliphatic rings. The van der Waals surface area contributed by atoms with E-state index in [1.165, 1.54) is 5.56 Å². The highest BCUT2D eigenvalue weighted by Crippen LogP contribution is 2.32. The van der Waals surface area contributed by atoms with Gasteiger partial charge in [0, 0.05) is 23.1 Å². The smallest absolute Gasteiger partial charge is 0.118 e. The molecule has 0 spiro atoms. The molecule has 1 atom stereocenters. The molecule has 0 bridgehead atoms. The lowest BCUT2D eigenvalue weighted by atomic mass is 10.0. The summed E-state index contributed by atoms with van der Waals surface area (Å²) >= 11 is 12.2. The SMILES string of the molecule is COc1ccc(CCN2CCCC2(N)COC(c2ccc(Cl)cc2)c2ccc(Cl)cc2)cc1. The van der Waals surface area contributed by atoms with Crippen molar-refractivity contribution in [2.45, 2.75) is 31.0 Å². The first-order valence-electron chi connectivity index (χ1n) is 11.3. The second-order valence-electron chi connectivity index (χ2n) is 8.59.